The second-order valence-corrected chi connectivity index (χ2v) is 8.79. The van der Waals surface area contributed by atoms with Crippen LogP contribution in [0.1, 0.15) is 50.5 Å². The van der Waals surface area contributed by atoms with Crippen LogP contribution in [0.15, 0.2) is 35.7 Å². The van der Waals surface area contributed by atoms with Gasteiger partial charge in [0.25, 0.3) is 0 Å². The number of nitrogens with one attached hydrogen (secondary N) is 1. The van der Waals surface area contributed by atoms with E-state index in [-0.39, 0.29) is 6.23 Å². The number of nitrogens with zero attached hydrogens (tertiary/aromatic N) is 4. The highest BCUT2D eigenvalue weighted by atomic mass is 16.5. The van der Waals surface area contributed by atoms with Crippen LogP contribution in [-0.4, -0.2) is 60.1 Å². The van der Waals surface area contributed by atoms with Crippen molar-refractivity contribution in [2.75, 3.05) is 26.0 Å². The zero-order valence-electron chi connectivity index (χ0n) is 18.6. The lowest BCUT2D eigenvalue weighted by molar-refractivity contribution is 0.0227. The number of hydrogen-bond donors (Lipinski definition) is 2. The summed E-state index contributed by atoms with van der Waals surface area (Å²) in [5, 5.41) is 4.69. The molecule has 1 saturated heterocycles. The fourth-order valence-corrected chi connectivity index (χ4v) is 4.50. The van der Waals surface area contributed by atoms with Crippen molar-refractivity contribution in [3.8, 4) is 0 Å². The van der Waals surface area contributed by atoms with E-state index in [1.165, 1.54) is 12.8 Å². The Kier molecular flexibility index (Phi) is 7.14. The van der Waals surface area contributed by atoms with Crippen molar-refractivity contribution < 1.29 is 4.74 Å². The Morgan fingerprint density at radius 3 is 2.71 bits per heavy atom. The number of benzene rings is 1. The minimum absolute atomic E-state index is 0.0676. The van der Waals surface area contributed by atoms with Gasteiger partial charge in [0, 0.05) is 42.1 Å². The van der Waals surface area contributed by atoms with Crippen molar-refractivity contribution in [2.24, 2.45) is 10.7 Å². The summed E-state index contributed by atoms with van der Waals surface area (Å²) >= 11 is 0. The number of ether oxygens (including phenoxy) is 1. The van der Waals surface area contributed by atoms with E-state index in [2.05, 4.69) is 45.3 Å². The van der Waals surface area contributed by atoms with Gasteiger partial charge in [0.1, 0.15) is 18.4 Å². The Hall–Kier alpha value is -2.51. The molecule has 1 aliphatic heterocycles. The van der Waals surface area contributed by atoms with E-state index in [4.69, 9.17) is 10.5 Å². The number of aromatic nitrogens is 2. The van der Waals surface area contributed by atoms with Crippen LogP contribution in [0, 0.1) is 0 Å². The van der Waals surface area contributed by atoms with Crippen LogP contribution in [-0.2, 0) is 4.74 Å². The SMILES string of the molecule is CN(C)C1CCC(Nc2ncnc3ccc(C(=C/N)/C=N/C4CCCCO4)cc23)CC1. The third-order valence-corrected chi connectivity index (χ3v) is 6.45. The maximum absolute atomic E-state index is 5.94. The summed E-state index contributed by atoms with van der Waals surface area (Å²) in [6.45, 7) is 0.780. The summed E-state index contributed by atoms with van der Waals surface area (Å²) in [5.41, 5.74) is 8.74. The summed E-state index contributed by atoms with van der Waals surface area (Å²) in [6, 6.07) is 7.28. The van der Waals surface area contributed by atoms with Gasteiger partial charge in [0.05, 0.1) is 5.52 Å². The Balaban J connectivity index is 1.52. The molecular formula is C24H34N6O. The molecule has 1 aromatic heterocycles. The first-order valence-corrected chi connectivity index (χ1v) is 11.4. The van der Waals surface area contributed by atoms with Crippen LogP contribution < -0.4 is 11.1 Å². The third-order valence-electron chi connectivity index (χ3n) is 6.45. The molecule has 0 amide bonds. The number of allylic oxidation sites excluding steroid dienone is 1. The molecule has 1 saturated carbocycles. The van der Waals surface area contributed by atoms with Gasteiger partial charge in [-0.15, -0.1) is 0 Å². The molecule has 7 nitrogen and oxygen atoms in total. The minimum Gasteiger partial charge on any atom is -0.404 e. The van der Waals surface area contributed by atoms with Crippen molar-refractivity contribution in [3.63, 3.8) is 0 Å². The molecule has 0 radical (unpaired) electrons. The Bertz CT molecular complexity index is 927. The van der Waals surface area contributed by atoms with Gasteiger partial charge in [-0.05, 0) is 76.7 Å². The first-order valence-electron chi connectivity index (χ1n) is 11.4. The summed E-state index contributed by atoms with van der Waals surface area (Å²) in [6.07, 6.45) is 12.9. The molecule has 2 aromatic rings. The Labute approximate surface area is 184 Å². The molecule has 4 rings (SSSR count). The Morgan fingerprint density at radius 2 is 2.00 bits per heavy atom. The van der Waals surface area contributed by atoms with E-state index >= 15 is 0 Å². The van der Waals surface area contributed by atoms with Gasteiger partial charge in [-0.2, -0.15) is 0 Å². The summed E-state index contributed by atoms with van der Waals surface area (Å²) in [7, 11) is 4.34. The molecule has 0 spiro atoms. The average molecular weight is 423 g/mol. The van der Waals surface area contributed by atoms with Crippen LogP contribution in [0.4, 0.5) is 5.82 Å². The third kappa shape index (κ3) is 5.40. The number of fused-ring (bicyclic) bond motifs is 1. The normalized spacial score (nSPS) is 25.4. The first kappa shape index (κ1) is 21.7. The molecule has 1 unspecified atom stereocenters. The average Bonchev–Trinajstić information content (AvgIpc) is 2.81. The highest BCUT2D eigenvalue weighted by molar-refractivity contribution is 6.11. The quantitative estimate of drug-likeness (QED) is 0.688. The van der Waals surface area contributed by atoms with Crippen LogP contribution in [0.25, 0.3) is 16.5 Å². The summed E-state index contributed by atoms with van der Waals surface area (Å²) in [5.74, 6) is 0.893. The van der Waals surface area contributed by atoms with Crippen LogP contribution in [0.3, 0.4) is 0 Å². The standard InChI is InChI=1S/C24H34N6O/c1-30(2)20-9-7-19(8-10-20)29-24-21-13-17(6-11-22(21)27-16-28-24)18(14-25)15-26-23-5-3-4-12-31-23/h6,11,13-16,19-20,23H,3-5,7-10,12,25H2,1-2H3,(H,27,28,29)/b18-14+,26-15+. The molecule has 1 atom stereocenters. The van der Waals surface area contributed by atoms with Crippen LogP contribution in [0.2, 0.25) is 0 Å². The number of nitrogens with two attached hydrogens (primary N) is 1. The van der Waals surface area contributed by atoms with E-state index in [0.29, 0.717) is 12.1 Å². The van der Waals surface area contributed by atoms with Crippen molar-refractivity contribution in [2.45, 2.75) is 63.3 Å². The van der Waals surface area contributed by atoms with Crippen LogP contribution in [0.5, 0.6) is 0 Å². The van der Waals surface area contributed by atoms with Crippen LogP contribution >= 0.6 is 0 Å². The van der Waals surface area contributed by atoms with E-state index in [1.54, 1.807) is 12.5 Å². The second kappa shape index (κ2) is 10.2. The van der Waals surface area contributed by atoms with Gasteiger partial charge in [0.15, 0.2) is 0 Å². The summed E-state index contributed by atoms with van der Waals surface area (Å²) in [4.78, 5) is 16.0. The monoisotopic (exact) mass is 422 g/mol. The van der Waals surface area contributed by atoms with E-state index in [9.17, 15) is 0 Å². The van der Waals surface area contributed by atoms with Gasteiger partial charge >= 0.3 is 0 Å². The fourth-order valence-electron chi connectivity index (χ4n) is 4.50. The molecule has 7 heteroatoms. The Morgan fingerprint density at radius 1 is 1.16 bits per heavy atom. The first-order chi connectivity index (χ1) is 15.1. The molecule has 1 aromatic carbocycles. The lowest BCUT2D eigenvalue weighted by Crippen LogP contribution is -2.36. The molecule has 1 aliphatic carbocycles. The largest absolute Gasteiger partial charge is 0.404 e. The van der Waals surface area contributed by atoms with Gasteiger partial charge in [-0.3, -0.25) is 4.99 Å². The maximum Gasteiger partial charge on any atom is 0.148 e. The summed E-state index contributed by atoms with van der Waals surface area (Å²) < 4.78 is 5.71. The van der Waals surface area contributed by atoms with Gasteiger partial charge < -0.3 is 20.7 Å². The predicted octanol–water partition coefficient (Wildman–Crippen LogP) is 3.81. The van der Waals surface area contributed by atoms with Crippen molar-refractivity contribution in [1.29, 1.82) is 0 Å². The fraction of sp³-hybridized carbons (Fsp3) is 0.542. The van der Waals surface area contributed by atoms with Gasteiger partial charge in [-0.25, -0.2) is 9.97 Å². The molecule has 31 heavy (non-hydrogen) atoms. The molecule has 2 heterocycles. The number of hydrogen-bond acceptors (Lipinski definition) is 7. The van der Waals surface area contributed by atoms with Gasteiger partial charge in [0.2, 0.25) is 0 Å². The van der Waals surface area contributed by atoms with Crippen molar-refractivity contribution in [1.82, 2.24) is 14.9 Å². The molecule has 0 bridgehead atoms. The van der Waals surface area contributed by atoms with E-state index in [1.807, 2.05) is 18.3 Å². The molecule has 2 aliphatic rings. The second-order valence-electron chi connectivity index (χ2n) is 8.79. The zero-order chi connectivity index (χ0) is 21.6. The van der Waals surface area contributed by atoms with E-state index in [0.717, 1.165) is 66.6 Å². The zero-order valence-corrected chi connectivity index (χ0v) is 18.6. The molecule has 166 valence electrons. The molecule has 2 fully saturated rings. The topological polar surface area (TPSA) is 88.7 Å². The maximum atomic E-state index is 5.94. The number of rotatable bonds is 6. The number of anilines is 1. The van der Waals surface area contributed by atoms with Crippen molar-refractivity contribution in [3.05, 3.63) is 36.3 Å². The lowest BCUT2D eigenvalue weighted by Gasteiger charge is -2.33. The minimum atomic E-state index is -0.0676. The predicted molar refractivity (Wildman–Crippen MR) is 127 cm³/mol. The lowest BCUT2D eigenvalue weighted by atomic mass is 9.90. The molecule has 3 N–H and O–H groups in total. The molecular weight excluding hydrogens is 388 g/mol. The van der Waals surface area contributed by atoms with Crippen molar-refractivity contribution >= 4 is 28.5 Å². The smallest absolute Gasteiger partial charge is 0.148 e. The highest BCUT2D eigenvalue weighted by Gasteiger charge is 2.23. The van der Waals surface area contributed by atoms with Gasteiger partial charge in [-0.1, -0.05) is 6.07 Å². The number of aliphatic imine (C=N–C) groups is 1. The van der Waals surface area contributed by atoms with E-state index < -0.39 is 0 Å². The highest BCUT2D eigenvalue weighted by Crippen LogP contribution is 2.28.